The van der Waals surface area contributed by atoms with E-state index < -0.39 is 12.1 Å². The predicted molar refractivity (Wildman–Crippen MR) is 84.2 cm³/mol. The summed E-state index contributed by atoms with van der Waals surface area (Å²) in [4.78, 5) is 16.6. The normalized spacial score (nSPS) is 14.4. The summed E-state index contributed by atoms with van der Waals surface area (Å²) in [5.41, 5.74) is 1.63. The number of fused-ring (bicyclic) bond motifs is 2. The first-order valence-electron chi connectivity index (χ1n) is 7.61. The highest BCUT2D eigenvalue weighted by Gasteiger charge is 2.20. The molecule has 1 aliphatic rings. The number of esters is 1. The van der Waals surface area contributed by atoms with Gasteiger partial charge in [0, 0.05) is 12.4 Å². The second-order valence-electron chi connectivity index (χ2n) is 5.40. The third-order valence-electron chi connectivity index (χ3n) is 3.82. The first-order chi connectivity index (χ1) is 11.7. The molecule has 7 nitrogen and oxygen atoms in total. The van der Waals surface area contributed by atoms with Crippen molar-refractivity contribution in [2.24, 2.45) is 0 Å². The van der Waals surface area contributed by atoms with Crippen LogP contribution >= 0.6 is 0 Å². The summed E-state index contributed by atoms with van der Waals surface area (Å²) in [6.45, 7) is 2.86. The topological polar surface area (TPSA) is 75.0 Å². The van der Waals surface area contributed by atoms with Gasteiger partial charge in [0.2, 0.25) is 0 Å². The van der Waals surface area contributed by atoms with Gasteiger partial charge in [-0.15, -0.1) is 0 Å². The fraction of sp³-hybridized carbons (Fsp3) is 0.235. The number of benzene rings is 1. The van der Waals surface area contributed by atoms with Crippen LogP contribution in [0.1, 0.15) is 28.9 Å². The summed E-state index contributed by atoms with van der Waals surface area (Å²) in [5, 5.41) is 4.09. The van der Waals surface area contributed by atoms with Crippen LogP contribution in [-0.2, 0) is 4.74 Å². The summed E-state index contributed by atoms with van der Waals surface area (Å²) in [5.74, 6) is 0.903. The van der Waals surface area contributed by atoms with Crippen LogP contribution in [-0.4, -0.2) is 33.8 Å². The maximum Gasteiger partial charge on any atom is 0.344 e. The van der Waals surface area contributed by atoms with Gasteiger partial charge >= 0.3 is 5.97 Å². The molecule has 7 heteroatoms. The van der Waals surface area contributed by atoms with Crippen molar-refractivity contribution in [3.05, 3.63) is 54.0 Å². The molecule has 122 valence electrons. The first kappa shape index (κ1) is 14.5. The largest absolute Gasteiger partial charge is 0.486 e. The third kappa shape index (κ3) is 2.54. The molecule has 0 amide bonds. The fourth-order valence-corrected chi connectivity index (χ4v) is 2.58. The van der Waals surface area contributed by atoms with E-state index in [1.165, 1.54) is 10.7 Å². The maximum atomic E-state index is 12.4. The van der Waals surface area contributed by atoms with E-state index in [4.69, 9.17) is 14.2 Å². The lowest BCUT2D eigenvalue weighted by Gasteiger charge is -2.20. The molecule has 1 aliphatic heterocycles. The Balaban J connectivity index is 1.55. The second kappa shape index (κ2) is 5.84. The summed E-state index contributed by atoms with van der Waals surface area (Å²) >= 11 is 0. The number of hydrogen-bond donors (Lipinski definition) is 0. The van der Waals surface area contributed by atoms with E-state index in [9.17, 15) is 4.79 Å². The van der Waals surface area contributed by atoms with Crippen molar-refractivity contribution < 1.29 is 19.0 Å². The molecule has 3 aromatic rings. The number of nitrogens with zero attached hydrogens (tertiary/aromatic N) is 3. The molecule has 0 spiro atoms. The summed E-state index contributed by atoms with van der Waals surface area (Å²) < 4.78 is 18.1. The molecule has 0 radical (unpaired) electrons. The van der Waals surface area contributed by atoms with Gasteiger partial charge in [0.25, 0.3) is 0 Å². The zero-order valence-electron chi connectivity index (χ0n) is 13.0. The maximum absolute atomic E-state index is 12.4. The van der Waals surface area contributed by atoms with E-state index in [1.807, 2.05) is 25.1 Å². The van der Waals surface area contributed by atoms with Crippen molar-refractivity contribution >= 4 is 11.6 Å². The summed E-state index contributed by atoms with van der Waals surface area (Å²) in [7, 11) is 0. The second-order valence-corrected chi connectivity index (χ2v) is 5.40. The van der Waals surface area contributed by atoms with Crippen molar-refractivity contribution in [3.8, 4) is 11.5 Å². The van der Waals surface area contributed by atoms with Crippen molar-refractivity contribution in [1.29, 1.82) is 0 Å². The number of hydrogen-bond acceptors (Lipinski definition) is 6. The van der Waals surface area contributed by atoms with E-state index in [0.717, 1.165) is 5.56 Å². The Kier molecular flexibility index (Phi) is 3.53. The average Bonchev–Trinajstić information content (AvgIpc) is 3.05. The molecule has 24 heavy (non-hydrogen) atoms. The minimum atomic E-state index is -0.467. The van der Waals surface area contributed by atoms with Crippen LogP contribution < -0.4 is 9.47 Å². The smallest absolute Gasteiger partial charge is 0.344 e. The van der Waals surface area contributed by atoms with Crippen LogP contribution in [0, 0.1) is 0 Å². The highest BCUT2D eigenvalue weighted by Crippen LogP contribution is 2.33. The van der Waals surface area contributed by atoms with E-state index in [1.54, 1.807) is 18.5 Å². The Morgan fingerprint density at radius 1 is 1.29 bits per heavy atom. The Morgan fingerprint density at radius 2 is 2.12 bits per heavy atom. The van der Waals surface area contributed by atoms with E-state index in [2.05, 4.69) is 10.1 Å². The van der Waals surface area contributed by atoms with Gasteiger partial charge in [-0.3, -0.25) is 0 Å². The van der Waals surface area contributed by atoms with Gasteiger partial charge in [-0.25, -0.2) is 14.3 Å². The van der Waals surface area contributed by atoms with Crippen molar-refractivity contribution in [2.45, 2.75) is 13.0 Å². The van der Waals surface area contributed by atoms with Crippen molar-refractivity contribution in [3.63, 3.8) is 0 Å². The Morgan fingerprint density at radius 3 is 3.00 bits per heavy atom. The van der Waals surface area contributed by atoms with Gasteiger partial charge in [-0.05, 0) is 30.7 Å². The minimum Gasteiger partial charge on any atom is -0.486 e. The standard InChI is InChI=1S/C17H15N3O4/c1-11(12-3-4-14-15(9-12)23-8-7-22-14)24-17(21)13-10-19-20-6-2-5-18-16(13)20/h2-6,9-11H,7-8H2,1H3. The molecule has 0 saturated heterocycles. The molecular formula is C17H15N3O4. The van der Waals surface area contributed by atoms with Gasteiger partial charge < -0.3 is 14.2 Å². The highest BCUT2D eigenvalue weighted by atomic mass is 16.6. The van der Waals surface area contributed by atoms with Gasteiger partial charge in [0.15, 0.2) is 17.1 Å². The van der Waals surface area contributed by atoms with Crippen LogP contribution in [0.4, 0.5) is 0 Å². The molecule has 3 heterocycles. The summed E-state index contributed by atoms with van der Waals surface area (Å²) in [6, 6.07) is 7.26. The van der Waals surface area contributed by atoms with Gasteiger partial charge in [0.05, 0.1) is 6.20 Å². The van der Waals surface area contributed by atoms with Crippen LogP contribution in [0.3, 0.4) is 0 Å². The van der Waals surface area contributed by atoms with Crippen LogP contribution in [0.5, 0.6) is 11.5 Å². The minimum absolute atomic E-state index is 0.333. The van der Waals surface area contributed by atoms with Gasteiger partial charge in [0.1, 0.15) is 24.9 Å². The molecule has 0 aliphatic carbocycles. The van der Waals surface area contributed by atoms with Crippen LogP contribution in [0.15, 0.2) is 42.9 Å². The first-order valence-corrected chi connectivity index (χ1v) is 7.61. The lowest BCUT2D eigenvalue weighted by molar-refractivity contribution is 0.0339. The quantitative estimate of drug-likeness (QED) is 0.689. The van der Waals surface area contributed by atoms with E-state index >= 15 is 0 Å². The predicted octanol–water partition coefficient (Wildman–Crippen LogP) is 2.42. The lowest BCUT2D eigenvalue weighted by Crippen LogP contribution is -2.16. The molecule has 1 atom stereocenters. The molecule has 1 aromatic carbocycles. The zero-order valence-corrected chi connectivity index (χ0v) is 13.0. The van der Waals surface area contributed by atoms with Crippen LogP contribution in [0.25, 0.3) is 5.65 Å². The van der Waals surface area contributed by atoms with Gasteiger partial charge in [-0.2, -0.15) is 5.10 Å². The molecule has 0 fully saturated rings. The number of rotatable bonds is 3. The number of aromatic nitrogens is 3. The molecule has 0 bridgehead atoms. The highest BCUT2D eigenvalue weighted by molar-refractivity contribution is 5.95. The monoisotopic (exact) mass is 325 g/mol. The SMILES string of the molecule is CC(OC(=O)c1cnn2cccnc12)c1ccc2c(c1)OCCO2. The molecule has 0 N–H and O–H groups in total. The fourth-order valence-electron chi connectivity index (χ4n) is 2.58. The van der Waals surface area contributed by atoms with Crippen LogP contribution in [0.2, 0.25) is 0 Å². The Hall–Kier alpha value is -3.09. The number of carbonyl (C=O) groups excluding carboxylic acids is 1. The van der Waals surface area contributed by atoms with E-state index in [-0.39, 0.29) is 0 Å². The number of ether oxygens (including phenoxy) is 3. The summed E-state index contributed by atoms with van der Waals surface area (Å²) in [6.07, 6.45) is 4.36. The molecule has 1 unspecified atom stereocenters. The Labute approximate surface area is 137 Å². The third-order valence-corrected chi connectivity index (χ3v) is 3.82. The molecule has 0 saturated carbocycles. The van der Waals surface area contributed by atoms with Crippen molar-refractivity contribution in [1.82, 2.24) is 14.6 Å². The number of carbonyl (C=O) groups is 1. The molecular weight excluding hydrogens is 310 g/mol. The lowest BCUT2D eigenvalue weighted by atomic mass is 10.1. The Bertz CT molecular complexity index is 906. The average molecular weight is 325 g/mol. The van der Waals surface area contributed by atoms with Gasteiger partial charge in [-0.1, -0.05) is 6.07 Å². The molecule has 4 rings (SSSR count). The molecule has 2 aromatic heterocycles. The van der Waals surface area contributed by atoms with E-state index in [0.29, 0.717) is 35.9 Å². The zero-order chi connectivity index (χ0) is 16.5. The van der Waals surface area contributed by atoms with Crippen molar-refractivity contribution in [2.75, 3.05) is 13.2 Å².